The van der Waals surface area contributed by atoms with Gasteiger partial charge in [0.05, 0.1) is 17.4 Å². The third kappa shape index (κ3) is 5.20. The van der Waals surface area contributed by atoms with Gasteiger partial charge in [0, 0.05) is 30.8 Å². The van der Waals surface area contributed by atoms with Gasteiger partial charge in [-0.2, -0.15) is 0 Å². The van der Waals surface area contributed by atoms with E-state index in [1.54, 1.807) is 30.9 Å². The van der Waals surface area contributed by atoms with Gasteiger partial charge in [0.2, 0.25) is 0 Å². The average Bonchev–Trinajstić information content (AvgIpc) is 2.80. The molecule has 0 spiro atoms. The first-order chi connectivity index (χ1) is 14.8. The zero-order valence-corrected chi connectivity index (χ0v) is 16.2. The van der Waals surface area contributed by atoms with E-state index in [4.69, 9.17) is 4.74 Å². The molecule has 0 aliphatic rings. The van der Waals surface area contributed by atoms with Gasteiger partial charge in [-0.05, 0) is 54.1 Å². The molecule has 2 heterocycles. The number of aromatic nitrogens is 2. The van der Waals surface area contributed by atoms with E-state index in [2.05, 4.69) is 20.6 Å². The fourth-order valence-electron chi connectivity index (χ4n) is 2.82. The molecular weight excluding hydrogens is 376 g/mol. The number of carbonyl (C=O) groups is 1. The lowest BCUT2D eigenvalue weighted by molar-refractivity contribution is 0.0950. The van der Waals surface area contributed by atoms with Crippen molar-refractivity contribution in [2.75, 3.05) is 5.32 Å². The summed E-state index contributed by atoms with van der Waals surface area (Å²) in [5.74, 6) is 1.34. The molecular formula is C24H20N4O2. The first-order valence-corrected chi connectivity index (χ1v) is 9.48. The van der Waals surface area contributed by atoms with E-state index in [1.807, 2.05) is 66.7 Å². The Morgan fingerprint density at radius 2 is 1.60 bits per heavy atom. The Hall–Kier alpha value is -4.19. The number of rotatable bonds is 7. The molecule has 2 aromatic carbocycles. The molecule has 0 atom stereocenters. The minimum Gasteiger partial charge on any atom is -0.457 e. The summed E-state index contributed by atoms with van der Waals surface area (Å²) in [4.78, 5) is 20.6. The summed E-state index contributed by atoms with van der Waals surface area (Å²) in [6, 6.07) is 22.7. The number of nitrogens with zero attached hydrogens (tertiary/aromatic N) is 2. The number of nitrogens with one attached hydrogen (secondary N) is 2. The lowest BCUT2D eigenvalue weighted by atomic mass is 10.2. The van der Waals surface area contributed by atoms with E-state index in [-0.39, 0.29) is 5.91 Å². The van der Waals surface area contributed by atoms with E-state index in [0.29, 0.717) is 12.1 Å². The van der Waals surface area contributed by atoms with Gasteiger partial charge in [0.1, 0.15) is 11.5 Å². The zero-order valence-electron chi connectivity index (χ0n) is 16.2. The molecule has 4 aromatic rings. The largest absolute Gasteiger partial charge is 0.457 e. The Bertz CT molecular complexity index is 1100. The van der Waals surface area contributed by atoms with Gasteiger partial charge in [0.15, 0.2) is 0 Å². The topological polar surface area (TPSA) is 76.1 Å². The van der Waals surface area contributed by atoms with Gasteiger partial charge in [-0.3, -0.25) is 14.8 Å². The van der Waals surface area contributed by atoms with Crippen LogP contribution in [0.5, 0.6) is 11.5 Å². The Kier molecular flexibility index (Phi) is 5.96. The molecule has 4 rings (SSSR count). The number of para-hydroxylation sites is 1. The van der Waals surface area contributed by atoms with Crippen LogP contribution in [0.2, 0.25) is 0 Å². The molecule has 2 aromatic heterocycles. The molecule has 0 saturated heterocycles. The number of anilines is 2. The van der Waals surface area contributed by atoms with Gasteiger partial charge >= 0.3 is 0 Å². The second-order valence-corrected chi connectivity index (χ2v) is 6.57. The number of benzene rings is 2. The van der Waals surface area contributed by atoms with Crippen LogP contribution in [0.1, 0.15) is 15.9 Å². The maximum Gasteiger partial charge on any atom is 0.253 e. The van der Waals surface area contributed by atoms with Crippen molar-refractivity contribution >= 4 is 17.3 Å². The fourth-order valence-corrected chi connectivity index (χ4v) is 2.82. The molecule has 0 radical (unpaired) electrons. The van der Waals surface area contributed by atoms with E-state index in [9.17, 15) is 4.79 Å². The lowest BCUT2D eigenvalue weighted by Gasteiger charge is -2.10. The van der Waals surface area contributed by atoms with Crippen LogP contribution in [0.15, 0.2) is 97.6 Å². The predicted molar refractivity (Wildman–Crippen MR) is 116 cm³/mol. The molecule has 0 aliphatic heterocycles. The van der Waals surface area contributed by atoms with Crippen LogP contribution in [0, 0.1) is 0 Å². The van der Waals surface area contributed by atoms with Crippen LogP contribution in [0.3, 0.4) is 0 Å². The standard InChI is InChI=1S/C24H20N4O2/c29-24(27-15-18-5-4-12-25-14-18)19-13-21(17-26-16-19)28-20-8-10-23(11-9-20)30-22-6-2-1-3-7-22/h1-14,16-17,28H,15H2,(H,27,29). The quantitative estimate of drug-likeness (QED) is 0.463. The van der Waals surface area contributed by atoms with Crippen LogP contribution < -0.4 is 15.4 Å². The van der Waals surface area contributed by atoms with Crippen molar-refractivity contribution in [2.24, 2.45) is 0 Å². The fraction of sp³-hybridized carbons (Fsp3) is 0.0417. The third-order valence-corrected chi connectivity index (χ3v) is 4.30. The summed E-state index contributed by atoms with van der Waals surface area (Å²) < 4.78 is 5.80. The predicted octanol–water partition coefficient (Wildman–Crippen LogP) is 4.94. The lowest BCUT2D eigenvalue weighted by Crippen LogP contribution is -2.23. The number of pyridine rings is 2. The number of carbonyl (C=O) groups excluding carboxylic acids is 1. The first kappa shape index (κ1) is 19.1. The molecule has 0 fully saturated rings. The Morgan fingerprint density at radius 3 is 2.37 bits per heavy atom. The highest BCUT2D eigenvalue weighted by atomic mass is 16.5. The van der Waals surface area contributed by atoms with E-state index in [0.717, 1.165) is 28.4 Å². The molecule has 6 heteroatoms. The van der Waals surface area contributed by atoms with Gasteiger partial charge in [-0.15, -0.1) is 0 Å². The van der Waals surface area contributed by atoms with Crippen LogP contribution >= 0.6 is 0 Å². The molecule has 0 saturated carbocycles. The van der Waals surface area contributed by atoms with Crippen molar-refractivity contribution in [1.82, 2.24) is 15.3 Å². The van der Waals surface area contributed by atoms with Gasteiger partial charge in [-0.1, -0.05) is 24.3 Å². The van der Waals surface area contributed by atoms with Crippen molar-refractivity contribution in [1.29, 1.82) is 0 Å². The molecule has 0 bridgehead atoms. The molecule has 30 heavy (non-hydrogen) atoms. The highest BCUT2D eigenvalue weighted by Gasteiger charge is 2.07. The van der Waals surface area contributed by atoms with Crippen molar-refractivity contribution in [2.45, 2.75) is 6.54 Å². The average molecular weight is 396 g/mol. The summed E-state index contributed by atoms with van der Waals surface area (Å²) in [6.07, 6.45) is 6.64. The van der Waals surface area contributed by atoms with Crippen molar-refractivity contribution < 1.29 is 9.53 Å². The summed E-state index contributed by atoms with van der Waals surface area (Å²) in [5, 5.41) is 6.13. The Balaban J connectivity index is 1.37. The second-order valence-electron chi connectivity index (χ2n) is 6.57. The van der Waals surface area contributed by atoms with Crippen LogP contribution in [0.4, 0.5) is 11.4 Å². The monoisotopic (exact) mass is 396 g/mol. The summed E-state index contributed by atoms with van der Waals surface area (Å²) >= 11 is 0. The van der Waals surface area contributed by atoms with Gasteiger partial charge in [0.25, 0.3) is 5.91 Å². The molecule has 0 aliphatic carbocycles. The van der Waals surface area contributed by atoms with Crippen molar-refractivity contribution in [3.05, 3.63) is 109 Å². The molecule has 2 N–H and O–H groups in total. The minimum atomic E-state index is -0.193. The minimum absolute atomic E-state index is 0.193. The summed E-state index contributed by atoms with van der Waals surface area (Å²) in [7, 11) is 0. The SMILES string of the molecule is O=C(NCc1cccnc1)c1cncc(Nc2ccc(Oc3ccccc3)cc2)c1. The molecule has 6 nitrogen and oxygen atoms in total. The van der Waals surface area contributed by atoms with Crippen LogP contribution in [-0.4, -0.2) is 15.9 Å². The van der Waals surface area contributed by atoms with Crippen LogP contribution in [0.25, 0.3) is 0 Å². The maximum absolute atomic E-state index is 12.4. The van der Waals surface area contributed by atoms with E-state index in [1.165, 1.54) is 0 Å². The number of ether oxygens (including phenoxy) is 1. The third-order valence-electron chi connectivity index (χ3n) is 4.30. The molecule has 0 unspecified atom stereocenters. The Labute approximate surface area is 174 Å². The van der Waals surface area contributed by atoms with Crippen LogP contribution in [-0.2, 0) is 6.54 Å². The smallest absolute Gasteiger partial charge is 0.253 e. The summed E-state index contributed by atoms with van der Waals surface area (Å²) in [5.41, 5.74) is 3.00. The summed E-state index contributed by atoms with van der Waals surface area (Å²) in [6.45, 7) is 0.410. The van der Waals surface area contributed by atoms with E-state index >= 15 is 0 Å². The number of hydrogen-bond acceptors (Lipinski definition) is 5. The second kappa shape index (κ2) is 9.34. The maximum atomic E-state index is 12.4. The Morgan fingerprint density at radius 1 is 0.800 bits per heavy atom. The normalized spacial score (nSPS) is 10.3. The highest BCUT2D eigenvalue weighted by molar-refractivity contribution is 5.94. The highest BCUT2D eigenvalue weighted by Crippen LogP contribution is 2.24. The zero-order chi connectivity index (χ0) is 20.6. The van der Waals surface area contributed by atoms with Gasteiger partial charge in [-0.25, -0.2) is 0 Å². The first-order valence-electron chi connectivity index (χ1n) is 9.48. The number of amides is 1. The van der Waals surface area contributed by atoms with Crippen molar-refractivity contribution in [3.8, 4) is 11.5 Å². The molecule has 148 valence electrons. The van der Waals surface area contributed by atoms with Gasteiger partial charge < -0.3 is 15.4 Å². The number of hydrogen-bond donors (Lipinski definition) is 2. The van der Waals surface area contributed by atoms with Crippen molar-refractivity contribution in [3.63, 3.8) is 0 Å². The molecule has 1 amide bonds. The van der Waals surface area contributed by atoms with E-state index < -0.39 is 0 Å².